The largest absolute Gasteiger partial charge is 0.456 e. The molecular formula is C15H17NO4S. The minimum absolute atomic E-state index is 0.0137. The van der Waals surface area contributed by atoms with Gasteiger partial charge in [0.25, 0.3) is 10.0 Å². The third kappa shape index (κ3) is 3.33. The smallest absolute Gasteiger partial charge is 0.300 e. The summed E-state index contributed by atoms with van der Waals surface area (Å²) in [6, 6.07) is 8.04. The molecule has 5 nitrogen and oxygen atoms in total. The topological polar surface area (TPSA) is 76.4 Å². The number of furan rings is 1. The molecule has 1 N–H and O–H groups in total. The number of benzene rings is 1. The normalized spacial score (nSPS) is 11.4. The van der Waals surface area contributed by atoms with E-state index in [1.165, 1.54) is 12.1 Å². The highest BCUT2D eigenvalue weighted by atomic mass is 32.2. The first-order valence-electron chi connectivity index (χ1n) is 6.56. The Labute approximate surface area is 124 Å². The summed E-state index contributed by atoms with van der Waals surface area (Å²) < 4.78 is 31.8. The third-order valence-corrected chi connectivity index (χ3v) is 4.57. The van der Waals surface area contributed by atoms with Crippen LogP contribution in [-0.4, -0.2) is 14.3 Å². The Morgan fingerprint density at radius 1 is 1.19 bits per heavy atom. The van der Waals surface area contributed by atoms with Gasteiger partial charge in [0.1, 0.15) is 5.76 Å². The molecule has 0 atom stereocenters. The lowest BCUT2D eigenvalue weighted by molar-refractivity contribution is 0.0953. The van der Waals surface area contributed by atoms with Gasteiger partial charge in [0.2, 0.25) is 0 Å². The number of aryl methyl sites for hydroxylation is 3. The molecule has 1 aromatic heterocycles. The van der Waals surface area contributed by atoms with Crippen LogP contribution in [0.4, 0.5) is 0 Å². The van der Waals surface area contributed by atoms with Crippen LogP contribution in [0.25, 0.3) is 0 Å². The van der Waals surface area contributed by atoms with Crippen LogP contribution >= 0.6 is 0 Å². The Kier molecular flexibility index (Phi) is 4.18. The lowest BCUT2D eigenvalue weighted by atomic mass is 10.2. The first kappa shape index (κ1) is 15.3. The number of hydrogen-bond donors (Lipinski definition) is 1. The highest BCUT2D eigenvalue weighted by Crippen LogP contribution is 2.17. The molecule has 0 bridgehead atoms. The van der Waals surface area contributed by atoms with Crippen LogP contribution in [0.15, 0.2) is 39.6 Å². The molecule has 0 aliphatic carbocycles. The standard InChI is InChI=1S/C15H17NO4S/c1-4-12-6-7-13(20-12)15(17)16-21(18,19)14-8-5-10(2)9-11(14)3/h5-9H,4H2,1-3H3,(H,16,17). The van der Waals surface area contributed by atoms with Gasteiger partial charge in [-0.25, -0.2) is 13.1 Å². The fraction of sp³-hybridized carbons (Fsp3) is 0.267. The SMILES string of the molecule is CCc1ccc(C(=O)NS(=O)(=O)c2ccc(C)cc2C)o1. The Morgan fingerprint density at radius 2 is 1.90 bits per heavy atom. The molecular weight excluding hydrogens is 290 g/mol. The second-order valence-electron chi connectivity index (χ2n) is 4.82. The second-order valence-corrected chi connectivity index (χ2v) is 6.47. The fourth-order valence-electron chi connectivity index (χ4n) is 2.02. The number of sulfonamides is 1. The summed E-state index contributed by atoms with van der Waals surface area (Å²) in [6.07, 6.45) is 0.636. The zero-order chi connectivity index (χ0) is 15.6. The monoisotopic (exact) mass is 307 g/mol. The van der Waals surface area contributed by atoms with Crippen molar-refractivity contribution in [1.29, 1.82) is 0 Å². The fourth-order valence-corrected chi connectivity index (χ4v) is 3.20. The molecule has 0 unspecified atom stereocenters. The Balaban J connectivity index is 2.26. The number of carbonyl (C=O) groups is 1. The van der Waals surface area contributed by atoms with E-state index in [-0.39, 0.29) is 10.7 Å². The Morgan fingerprint density at radius 3 is 2.48 bits per heavy atom. The molecule has 1 amide bonds. The molecule has 112 valence electrons. The predicted molar refractivity (Wildman–Crippen MR) is 78.7 cm³/mol. The average molecular weight is 307 g/mol. The van der Waals surface area contributed by atoms with E-state index >= 15 is 0 Å². The Hall–Kier alpha value is -2.08. The van der Waals surface area contributed by atoms with Gasteiger partial charge in [-0.05, 0) is 37.6 Å². The molecule has 21 heavy (non-hydrogen) atoms. The van der Waals surface area contributed by atoms with Crippen molar-refractivity contribution in [2.75, 3.05) is 0 Å². The van der Waals surface area contributed by atoms with E-state index in [9.17, 15) is 13.2 Å². The van der Waals surface area contributed by atoms with Gasteiger partial charge in [0.05, 0.1) is 4.90 Å². The minimum Gasteiger partial charge on any atom is -0.456 e. The summed E-state index contributed by atoms with van der Waals surface area (Å²) >= 11 is 0. The van der Waals surface area contributed by atoms with Crippen molar-refractivity contribution in [2.24, 2.45) is 0 Å². The van der Waals surface area contributed by atoms with Crippen LogP contribution in [0.1, 0.15) is 34.4 Å². The summed E-state index contributed by atoms with van der Waals surface area (Å²) in [4.78, 5) is 12.0. The first-order valence-corrected chi connectivity index (χ1v) is 8.05. The first-order chi connectivity index (χ1) is 9.83. The number of amides is 1. The van der Waals surface area contributed by atoms with Gasteiger partial charge in [-0.15, -0.1) is 0 Å². The van der Waals surface area contributed by atoms with Crippen LogP contribution in [0, 0.1) is 13.8 Å². The van der Waals surface area contributed by atoms with E-state index < -0.39 is 15.9 Å². The van der Waals surface area contributed by atoms with Gasteiger partial charge in [-0.2, -0.15) is 0 Å². The number of carbonyl (C=O) groups excluding carboxylic acids is 1. The van der Waals surface area contributed by atoms with Crippen LogP contribution in [0.5, 0.6) is 0 Å². The lowest BCUT2D eigenvalue weighted by Crippen LogP contribution is -2.30. The van der Waals surface area contributed by atoms with E-state index in [1.807, 2.05) is 18.6 Å². The summed E-state index contributed by atoms with van der Waals surface area (Å²) in [5, 5.41) is 0. The maximum atomic E-state index is 12.3. The number of hydrogen-bond acceptors (Lipinski definition) is 4. The predicted octanol–water partition coefficient (Wildman–Crippen LogP) is 2.58. The van der Waals surface area contributed by atoms with Crippen molar-refractivity contribution in [3.8, 4) is 0 Å². The van der Waals surface area contributed by atoms with Gasteiger partial charge >= 0.3 is 5.91 Å². The van der Waals surface area contributed by atoms with Crippen LogP contribution < -0.4 is 4.72 Å². The summed E-state index contributed by atoms with van der Waals surface area (Å²) in [5.74, 6) is -0.154. The van der Waals surface area contributed by atoms with E-state index in [1.54, 1.807) is 25.1 Å². The second kappa shape index (κ2) is 5.73. The molecule has 0 spiro atoms. The van der Waals surface area contributed by atoms with Crippen molar-refractivity contribution in [2.45, 2.75) is 32.1 Å². The lowest BCUT2D eigenvalue weighted by Gasteiger charge is -2.09. The van der Waals surface area contributed by atoms with Gasteiger partial charge in [-0.1, -0.05) is 24.6 Å². The van der Waals surface area contributed by atoms with Gasteiger partial charge < -0.3 is 4.42 Å². The summed E-state index contributed by atoms with van der Waals surface area (Å²) in [6.45, 7) is 5.44. The highest BCUT2D eigenvalue weighted by molar-refractivity contribution is 7.90. The van der Waals surface area contributed by atoms with Gasteiger partial charge in [0, 0.05) is 6.42 Å². The maximum Gasteiger partial charge on any atom is 0.300 e. The van der Waals surface area contributed by atoms with Crippen molar-refractivity contribution in [3.05, 3.63) is 53.0 Å². The average Bonchev–Trinajstić information content (AvgIpc) is 2.86. The van der Waals surface area contributed by atoms with Crippen molar-refractivity contribution < 1.29 is 17.6 Å². The third-order valence-electron chi connectivity index (χ3n) is 3.08. The zero-order valence-corrected chi connectivity index (χ0v) is 13.0. The molecule has 0 aliphatic heterocycles. The quantitative estimate of drug-likeness (QED) is 0.942. The maximum absolute atomic E-state index is 12.3. The molecule has 0 aliphatic rings. The molecule has 0 saturated carbocycles. The molecule has 1 aromatic carbocycles. The van der Waals surface area contributed by atoms with Crippen molar-refractivity contribution in [1.82, 2.24) is 4.72 Å². The highest BCUT2D eigenvalue weighted by Gasteiger charge is 2.22. The number of rotatable bonds is 4. The van der Waals surface area contributed by atoms with Gasteiger partial charge in [0.15, 0.2) is 5.76 Å². The van der Waals surface area contributed by atoms with Gasteiger partial charge in [-0.3, -0.25) is 4.79 Å². The minimum atomic E-state index is -3.91. The molecule has 1 heterocycles. The molecule has 6 heteroatoms. The molecule has 2 aromatic rings. The van der Waals surface area contributed by atoms with Crippen LogP contribution in [-0.2, 0) is 16.4 Å². The summed E-state index contributed by atoms with van der Waals surface area (Å²) in [5.41, 5.74) is 1.54. The van der Waals surface area contributed by atoms with Crippen molar-refractivity contribution in [3.63, 3.8) is 0 Å². The Bertz CT molecular complexity index is 775. The van der Waals surface area contributed by atoms with Crippen molar-refractivity contribution >= 4 is 15.9 Å². The molecule has 0 fully saturated rings. The summed E-state index contributed by atoms with van der Waals surface area (Å²) in [7, 11) is -3.91. The van der Waals surface area contributed by atoms with E-state index in [4.69, 9.17) is 4.42 Å². The van der Waals surface area contributed by atoms with E-state index in [0.29, 0.717) is 17.7 Å². The van der Waals surface area contributed by atoms with E-state index in [0.717, 1.165) is 5.56 Å². The molecule has 2 rings (SSSR count). The van der Waals surface area contributed by atoms with E-state index in [2.05, 4.69) is 0 Å². The molecule has 0 saturated heterocycles. The number of nitrogens with one attached hydrogen (secondary N) is 1. The zero-order valence-electron chi connectivity index (χ0n) is 12.1. The van der Waals surface area contributed by atoms with Crippen LogP contribution in [0.2, 0.25) is 0 Å². The molecule has 0 radical (unpaired) electrons. The van der Waals surface area contributed by atoms with Crippen LogP contribution in [0.3, 0.4) is 0 Å².